The van der Waals surface area contributed by atoms with E-state index in [0.29, 0.717) is 19.5 Å². The van der Waals surface area contributed by atoms with E-state index >= 15 is 0 Å². The van der Waals surface area contributed by atoms with Crippen LogP contribution in [0, 0.1) is 17.8 Å². The molecule has 1 N–H and O–H groups in total. The van der Waals surface area contributed by atoms with Crippen LogP contribution in [0.2, 0.25) is 0 Å². The molecule has 4 atom stereocenters. The predicted octanol–water partition coefficient (Wildman–Crippen LogP) is 0.945. The van der Waals surface area contributed by atoms with Gasteiger partial charge in [0.1, 0.15) is 6.61 Å². The summed E-state index contributed by atoms with van der Waals surface area (Å²) in [6, 6.07) is 0. The number of Topliss-reactive ketones (excluding diaryl/α,β-unsaturated/α-hetero) is 1. The molecule has 7 heteroatoms. The molecule has 0 amide bonds. The molecule has 2 aliphatic heterocycles. The van der Waals surface area contributed by atoms with Gasteiger partial charge in [-0.15, -0.1) is 0 Å². The highest BCUT2D eigenvalue weighted by Crippen LogP contribution is 2.33. The van der Waals surface area contributed by atoms with Crippen molar-refractivity contribution in [2.24, 2.45) is 17.8 Å². The summed E-state index contributed by atoms with van der Waals surface area (Å²) < 4.78 is 10.8. The number of likely N-dealkylation sites (N-methyl/N-ethyl adjacent to an activating group) is 1. The molecule has 1 saturated heterocycles. The number of fused-ring (bicyclic) bond motifs is 2. The molecule has 0 saturated carbocycles. The number of hydrogen-bond donors (Lipinski definition) is 1. The van der Waals surface area contributed by atoms with E-state index < -0.39 is 35.5 Å². The Balaban J connectivity index is 2.47. The van der Waals surface area contributed by atoms with E-state index in [1.165, 1.54) is 6.92 Å². The van der Waals surface area contributed by atoms with Crippen molar-refractivity contribution in [1.82, 2.24) is 4.90 Å². The third-order valence-electron chi connectivity index (χ3n) is 5.48. The van der Waals surface area contributed by atoms with Crippen LogP contribution in [0.3, 0.4) is 0 Å². The standard InChI is InChI=1S/C19H29NO6/c1-11(2)15-12(3)19(4,24)18(23)25-10-13-6-8-20(5)9-7-14(16(13)21)26-17(15)22/h6,11-12,14-15,24H,7-10H2,1-5H3/b13-6-/t12?,14-,15?,19?/m1/s1. The Labute approximate surface area is 154 Å². The Bertz CT molecular complexity index is 609. The maximum Gasteiger partial charge on any atom is 0.338 e. The van der Waals surface area contributed by atoms with Crippen LogP contribution in [0.25, 0.3) is 0 Å². The number of hydrogen-bond acceptors (Lipinski definition) is 7. The zero-order chi connectivity index (χ0) is 19.6. The number of ether oxygens (including phenoxy) is 2. The number of rotatable bonds is 1. The molecule has 2 aliphatic rings. The number of carbonyl (C=O) groups excluding carboxylic acids is 3. The van der Waals surface area contributed by atoms with Gasteiger partial charge in [0.25, 0.3) is 0 Å². The quantitative estimate of drug-likeness (QED) is 0.690. The monoisotopic (exact) mass is 367 g/mol. The van der Waals surface area contributed by atoms with Crippen LogP contribution in [-0.2, 0) is 23.9 Å². The Morgan fingerprint density at radius 3 is 2.58 bits per heavy atom. The second kappa shape index (κ2) is 7.88. The van der Waals surface area contributed by atoms with Gasteiger partial charge in [-0.05, 0) is 19.9 Å². The molecule has 0 radical (unpaired) electrons. The number of cyclic esters (lactones) is 1. The van der Waals surface area contributed by atoms with Gasteiger partial charge in [0.2, 0.25) is 5.78 Å². The molecule has 0 aliphatic carbocycles. The average molecular weight is 367 g/mol. The van der Waals surface area contributed by atoms with Gasteiger partial charge in [-0.3, -0.25) is 9.59 Å². The van der Waals surface area contributed by atoms with Gasteiger partial charge in [0.15, 0.2) is 11.7 Å². The molecule has 0 spiro atoms. The van der Waals surface area contributed by atoms with Gasteiger partial charge in [0, 0.05) is 31.0 Å². The minimum Gasteiger partial charge on any atom is -0.459 e. The first kappa shape index (κ1) is 20.6. The Hall–Kier alpha value is -1.73. The first-order chi connectivity index (χ1) is 12.1. The van der Waals surface area contributed by atoms with Crippen LogP contribution in [0.5, 0.6) is 0 Å². The fraction of sp³-hybridized carbons (Fsp3) is 0.737. The maximum absolute atomic E-state index is 12.8. The number of esters is 2. The van der Waals surface area contributed by atoms with E-state index in [4.69, 9.17) is 9.47 Å². The van der Waals surface area contributed by atoms with Gasteiger partial charge in [-0.2, -0.15) is 0 Å². The summed E-state index contributed by atoms with van der Waals surface area (Å²) in [5, 5.41) is 10.7. The van der Waals surface area contributed by atoms with E-state index in [2.05, 4.69) is 0 Å². The maximum atomic E-state index is 12.8. The molecule has 0 aromatic heterocycles. The molecule has 0 aromatic rings. The second-order valence-corrected chi connectivity index (χ2v) is 7.85. The summed E-state index contributed by atoms with van der Waals surface area (Å²) >= 11 is 0. The topological polar surface area (TPSA) is 93.1 Å². The predicted molar refractivity (Wildman–Crippen MR) is 94.2 cm³/mol. The third kappa shape index (κ3) is 4.15. The van der Waals surface area contributed by atoms with Crippen LogP contribution in [-0.4, -0.2) is 66.2 Å². The summed E-state index contributed by atoms with van der Waals surface area (Å²) in [5.41, 5.74) is -1.58. The van der Waals surface area contributed by atoms with Crippen molar-refractivity contribution >= 4 is 17.7 Å². The molecule has 2 rings (SSSR count). The SMILES string of the molecule is CC(C)C1C(=O)O[C@@H]2CCN(C)C/C=C(/COC(=O)C(C)(O)C1C)C2=O. The van der Waals surface area contributed by atoms with Crippen LogP contribution in [0.4, 0.5) is 0 Å². The van der Waals surface area contributed by atoms with E-state index in [1.807, 2.05) is 25.8 Å². The number of ketones is 1. The van der Waals surface area contributed by atoms with Crippen molar-refractivity contribution in [3.05, 3.63) is 11.6 Å². The minimum absolute atomic E-state index is 0.182. The van der Waals surface area contributed by atoms with Crippen LogP contribution in [0.15, 0.2) is 11.6 Å². The fourth-order valence-electron chi connectivity index (χ4n) is 3.47. The van der Waals surface area contributed by atoms with Crippen LogP contribution >= 0.6 is 0 Å². The van der Waals surface area contributed by atoms with Gasteiger partial charge < -0.3 is 19.5 Å². The highest BCUT2D eigenvalue weighted by Gasteiger charge is 2.47. The molecule has 1 fully saturated rings. The highest BCUT2D eigenvalue weighted by atomic mass is 16.6. The molecular formula is C19H29NO6. The zero-order valence-corrected chi connectivity index (χ0v) is 16.2. The number of nitrogens with zero attached hydrogens (tertiary/aromatic N) is 1. The second-order valence-electron chi connectivity index (χ2n) is 7.85. The number of aliphatic hydroxyl groups is 1. The molecule has 7 nitrogen and oxygen atoms in total. The third-order valence-corrected chi connectivity index (χ3v) is 5.48. The first-order valence-electron chi connectivity index (χ1n) is 9.07. The lowest BCUT2D eigenvalue weighted by molar-refractivity contribution is -0.176. The van der Waals surface area contributed by atoms with Crippen molar-refractivity contribution < 1.29 is 29.0 Å². The van der Waals surface area contributed by atoms with Crippen molar-refractivity contribution in [3.63, 3.8) is 0 Å². The molecular weight excluding hydrogens is 338 g/mol. The van der Waals surface area contributed by atoms with E-state index in [9.17, 15) is 19.5 Å². The molecule has 146 valence electrons. The largest absolute Gasteiger partial charge is 0.459 e. The first-order valence-corrected chi connectivity index (χ1v) is 9.07. The smallest absolute Gasteiger partial charge is 0.338 e. The lowest BCUT2D eigenvalue weighted by Crippen LogP contribution is -2.49. The Morgan fingerprint density at radius 1 is 1.31 bits per heavy atom. The summed E-state index contributed by atoms with van der Waals surface area (Å²) in [5.74, 6) is -3.39. The van der Waals surface area contributed by atoms with Crippen molar-refractivity contribution in [2.75, 3.05) is 26.7 Å². The molecule has 0 aromatic carbocycles. The summed E-state index contributed by atoms with van der Waals surface area (Å²) in [4.78, 5) is 40.1. The van der Waals surface area contributed by atoms with Crippen LogP contribution < -0.4 is 0 Å². The van der Waals surface area contributed by atoms with Crippen molar-refractivity contribution in [3.8, 4) is 0 Å². The zero-order valence-electron chi connectivity index (χ0n) is 16.2. The lowest BCUT2D eigenvalue weighted by atomic mass is 9.75. The van der Waals surface area contributed by atoms with Gasteiger partial charge in [-0.1, -0.05) is 26.8 Å². The summed E-state index contributed by atoms with van der Waals surface area (Å²) in [6.45, 7) is 7.51. The minimum atomic E-state index is -1.86. The van der Waals surface area contributed by atoms with E-state index in [1.54, 1.807) is 13.0 Å². The fourth-order valence-corrected chi connectivity index (χ4v) is 3.47. The van der Waals surface area contributed by atoms with E-state index in [-0.39, 0.29) is 23.9 Å². The normalized spacial score (nSPS) is 37.0. The molecule has 3 unspecified atom stereocenters. The molecule has 2 bridgehead atoms. The van der Waals surface area contributed by atoms with E-state index in [0.717, 1.165) is 0 Å². The van der Waals surface area contributed by atoms with Crippen molar-refractivity contribution in [2.45, 2.75) is 45.8 Å². The average Bonchev–Trinajstić information content (AvgIpc) is 2.56. The summed E-state index contributed by atoms with van der Waals surface area (Å²) in [6.07, 6.45) is 1.15. The van der Waals surface area contributed by atoms with Gasteiger partial charge in [0.05, 0.1) is 5.92 Å². The van der Waals surface area contributed by atoms with Gasteiger partial charge in [-0.25, -0.2) is 4.79 Å². The summed E-state index contributed by atoms with van der Waals surface area (Å²) in [7, 11) is 1.90. The highest BCUT2D eigenvalue weighted by molar-refractivity contribution is 6.00. The molecule has 26 heavy (non-hydrogen) atoms. The van der Waals surface area contributed by atoms with Crippen LogP contribution in [0.1, 0.15) is 34.1 Å². The molecule has 2 heterocycles. The number of carbonyl (C=O) groups is 3. The Kier molecular flexibility index (Phi) is 6.24. The lowest BCUT2D eigenvalue weighted by Gasteiger charge is -2.34. The van der Waals surface area contributed by atoms with Crippen molar-refractivity contribution in [1.29, 1.82) is 0 Å². The Morgan fingerprint density at radius 2 is 1.96 bits per heavy atom. The van der Waals surface area contributed by atoms with Gasteiger partial charge >= 0.3 is 11.9 Å².